The van der Waals surface area contributed by atoms with E-state index in [1.807, 2.05) is 0 Å². The number of fused-ring (bicyclic) bond motifs is 5. The van der Waals surface area contributed by atoms with E-state index in [-0.39, 0.29) is 37.7 Å². The van der Waals surface area contributed by atoms with Crippen LogP contribution in [-0.2, 0) is 0 Å². The van der Waals surface area contributed by atoms with Gasteiger partial charge in [-0.05, 0) is 11.1 Å². The Morgan fingerprint density at radius 1 is 0.368 bits per heavy atom. The second kappa shape index (κ2) is 12.8. The molecule has 4 heteroatoms. The zero-order valence-corrected chi connectivity index (χ0v) is 29.1. The van der Waals surface area contributed by atoms with Crippen LogP contribution < -0.4 is 37.7 Å². The fourth-order valence-corrected chi connectivity index (χ4v) is 23.7. The van der Waals surface area contributed by atoms with Crippen molar-refractivity contribution < 1.29 is 37.7 Å². The third kappa shape index (κ3) is 4.77. The van der Waals surface area contributed by atoms with E-state index in [1.54, 1.807) is 34.8 Å². The first-order valence-corrected chi connectivity index (χ1v) is 19.0. The molecule has 0 N–H and O–H groups in total. The molecule has 8 radical (unpaired) electrons. The molecule has 2 fully saturated rings. The van der Waals surface area contributed by atoms with E-state index in [9.17, 15) is 0 Å². The van der Waals surface area contributed by atoms with Gasteiger partial charge in [-0.1, -0.05) is 165 Å². The van der Waals surface area contributed by atoms with Gasteiger partial charge in [0.25, 0.3) is 0 Å². The van der Waals surface area contributed by atoms with Crippen LogP contribution in [0.15, 0.2) is 48.6 Å². The molecule has 0 spiro atoms. The van der Waals surface area contributed by atoms with Gasteiger partial charge in [0.1, 0.15) is 0 Å². The van der Waals surface area contributed by atoms with Gasteiger partial charge in [-0.3, -0.25) is 0 Å². The van der Waals surface area contributed by atoms with Crippen LogP contribution in [0.5, 0.6) is 0 Å². The first-order valence-electron chi connectivity index (χ1n) is 14.6. The number of hydrogen-bond donors (Lipinski definition) is 0. The molecule has 38 heavy (non-hydrogen) atoms. The van der Waals surface area contributed by atoms with Crippen LogP contribution in [0.3, 0.4) is 0 Å². The molecule has 0 unspecified atom stereocenters. The zero-order chi connectivity index (χ0) is 26.7. The van der Waals surface area contributed by atoms with Gasteiger partial charge in [-0.15, -0.1) is 0 Å². The average Bonchev–Trinajstić information content (AvgIpc) is 3.28. The molecular weight excluding hydrogens is 478 g/mol. The van der Waals surface area contributed by atoms with Crippen molar-refractivity contribution in [3.63, 3.8) is 0 Å². The summed E-state index contributed by atoms with van der Waals surface area (Å²) in [7, 11) is -3.82. The van der Waals surface area contributed by atoms with Gasteiger partial charge in [-0.2, -0.15) is 0 Å². The summed E-state index contributed by atoms with van der Waals surface area (Å²) in [6, 6.07) is 0. The average molecular weight is 529 g/mol. The molecule has 4 aliphatic carbocycles. The van der Waals surface area contributed by atoms with Crippen molar-refractivity contribution in [2.24, 2.45) is 0 Å². The minimum Gasteiger partial charge on any atom is -0.0762 e. The second-order valence-electron chi connectivity index (χ2n) is 13.4. The molecule has 0 atom stereocenters. The fourth-order valence-electron chi connectivity index (χ4n) is 9.53. The number of allylic oxidation sites excluding steroid dienone is 8. The third-order valence-corrected chi connectivity index (χ3v) is 24.5. The Labute approximate surface area is 263 Å². The van der Waals surface area contributed by atoms with Crippen molar-refractivity contribution in [2.75, 3.05) is 0 Å². The Kier molecular flexibility index (Phi) is 11.8. The molecule has 0 aromatic rings. The molecule has 2 saturated carbocycles. The largest absolute Gasteiger partial charge is 1.00 e. The van der Waals surface area contributed by atoms with Gasteiger partial charge in [-0.25, -0.2) is 0 Å². The van der Waals surface area contributed by atoms with E-state index < -0.39 is 16.1 Å². The summed E-state index contributed by atoms with van der Waals surface area (Å²) in [5, 5.41) is 0. The summed E-state index contributed by atoms with van der Waals surface area (Å²) < 4.78 is 0. The zero-order valence-electron chi connectivity index (χ0n) is 27.1. The van der Waals surface area contributed by atoms with Crippen molar-refractivity contribution in [2.45, 2.75) is 116 Å². The standard InChI is InChI=1S/C34H50Si2.2Li/c1-21(2)35(22(3)4,23(5)6)33-29-19-15-13-17-27(29)32-31(33)28-18-14-16-20-30(28)34(32)36(24(7)8,25(9)10)26(11)12;;/h13-26H,1-12H3;;/q;2*+1. The van der Waals surface area contributed by atoms with Crippen LogP contribution in [0, 0.1) is 46.6 Å². The van der Waals surface area contributed by atoms with E-state index in [0.717, 1.165) is 0 Å². The summed E-state index contributed by atoms with van der Waals surface area (Å²) >= 11 is 0. The van der Waals surface area contributed by atoms with E-state index >= 15 is 0 Å². The summed E-state index contributed by atoms with van der Waals surface area (Å²) in [6.45, 7) is 30.3. The monoisotopic (exact) mass is 528 g/mol. The van der Waals surface area contributed by atoms with Crippen molar-refractivity contribution in [3.8, 4) is 0 Å². The number of hydrogen-bond acceptors (Lipinski definition) is 0. The predicted octanol–water partition coefficient (Wildman–Crippen LogP) is 4.31. The van der Waals surface area contributed by atoms with Crippen LogP contribution in [0.2, 0.25) is 33.2 Å². The topological polar surface area (TPSA) is 0 Å². The summed E-state index contributed by atoms with van der Waals surface area (Å²) in [5.41, 5.74) is 7.66. The van der Waals surface area contributed by atoms with Crippen molar-refractivity contribution in [1.29, 1.82) is 0 Å². The molecule has 4 rings (SSSR count). The van der Waals surface area contributed by atoms with Gasteiger partial charge >= 0.3 is 37.7 Å². The van der Waals surface area contributed by atoms with Crippen molar-refractivity contribution >= 4 is 16.1 Å². The maximum absolute atomic E-state index is 2.53. The Bertz CT molecular complexity index is 792. The molecule has 4 aliphatic rings. The molecule has 0 aromatic carbocycles. The fraction of sp³-hybridized carbons (Fsp3) is 0.529. The molecule has 194 valence electrons. The van der Waals surface area contributed by atoms with E-state index in [1.165, 1.54) is 11.8 Å². The quantitative estimate of drug-likeness (QED) is 0.412. The van der Waals surface area contributed by atoms with Crippen LogP contribution >= 0.6 is 0 Å². The first-order chi connectivity index (χ1) is 16.9. The Morgan fingerprint density at radius 2 is 0.579 bits per heavy atom. The minimum atomic E-state index is -1.91. The van der Waals surface area contributed by atoms with E-state index in [2.05, 4.69) is 132 Å². The Morgan fingerprint density at radius 3 is 0.789 bits per heavy atom. The molecule has 0 heterocycles. The second-order valence-corrected chi connectivity index (χ2v) is 25.0. The van der Waals surface area contributed by atoms with Gasteiger partial charge in [0.05, 0.1) is 16.1 Å². The van der Waals surface area contributed by atoms with Gasteiger partial charge in [0, 0.05) is 35.5 Å². The van der Waals surface area contributed by atoms with Gasteiger partial charge < -0.3 is 0 Å². The van der Waals surface area contributed by atoms with E-state index in [4.69, 9.17) is 0 Å². The molecule has 0 aromatic heterocycles. The van der Waals surface area contributed by atoms with Gasteiger partial charge in [0.2, 0.25) is 0 Å². The predicted molar refractivity (Wildman–Crippen MR) is 165 cm³/mol. The number of rotatable bonds is 8. The molecule has 0 bridgehead atoms. The van der Waals surface area contributed by atoms with Crippen LogP contribution in [0.25, 0.3) is 0 Å². The molecule has 0 amide bonds. The SMILES string of the molecule is CC(C)[Si]([C]1[C]2C=CC=C[C]2[C]2[C]1[C]1C=CC=C[C]1[C]2[Si](C(C)C)(C(C)C)C(C)C)(C(C)C)C(C)C.[Li+].[Li+]. The molecular formula is C34H50Li2Si2+2. The first kappa shape index (κ1) is 34.8. The maximum Gasteiger partial charge on any atom is 1.00 e. The summed E-state index contributed by atoms with van der Waals surface area (Å²) in [5.74, 6) is 9.48. The van der Waals surface area contributed by atoms with Crippen LogP contribution in [-0.4, -0.2) is 16.1 Å². The maximum atomic E-state index is 2.53. The summed E-state index contributed by atoms with van der Waals surface area (Å²) in [4.78, 5) is 0. The van der Waals surface area contributed by atoms with Crippen LogP contribution in [0.4, 0.5) is 0 Å². The Hall–Kier alpha value is 0.589. The van der Waals surface area contributed by atoms with Crippen LogP contribution in [0.1, 0.15) is 83.1 Å². The van der Waals surface area contributed by atoms with E-state index in [0.29, 0.717) is 33.2 Å². The Balaban J connectivity index is 0.00000253. The molecule has 0 nitrogen and oxygen atoms in total. The smallest absolute Gasteiger partial charge is 0.0762 e. The van der Waals surface area contributed by atoms with Crippen molar-refractivity contribution in [1.82, 2.24) is 0 Å². The minimum absolute atomic E-state index is 0. The molecule has 0 saturated heterocycles. The third-order valence-electron chi connectivity index (χ3n) is 10.3. The normalized spacial score (nSPS) is 22.5. The van der Waals surface area contributed by atoms with Crippen molar-refractivity contribution in [3.05, 3.63) is 95.2 Å². The molecule has 0 aliphatic heterocycles. The van der Waals surface area contributed by atoms with Gasteiger partial charge in [0.15, 0.2) is 0 Å². The summed E-state index contributed by atoms with van der Waals surface area (Å²) in [6.07, 6.45) is 19.0.